The van der Waals surface area contributed by atoms with Gasteiger partial charge in [-0.3, -0.25) is 9.67 Å². The van der Waals surface area contributed by atoms with Crippen LogP contribution in [-0.4, -0.2) is 32.8 Å². The summed E-state index contributed by atoms with van der Waals surface area (Å²) < 4.78 is 1.72. The minimum Gasteiger partial charge on any atom is -0.370 e. The summed E-state index contributed by atoms with van der Waals surface area (Å²) in [7, 11) is 0. The van der Waals surface area contributed by atoms with Gasteiger partial charge in [-0.2, -0.15) is 5.10 Å². The molecule has 0 bridgehead atoms. The lowest BCUT2D eigenvalue weighted by atomic mass is 10.1. The lowest BCUT2D eigenvalue weighted by Gasteiger charge is -2.20. The van der Waals surface area contributed by atoms with E-state index in [1.165, 1.54) is 6.33 Å². The van der Waals surface area contributed by atoms with E-state index >= 15 is 0 Å². The molecule has 3 N–H and O–H groups in total. The van der Waals surface area contributed by atoms with E-state index in [1.54, 1.807) is 11.0 Å². The van der Waals surface area contributed by atoms with E-state index in [9.17, 15) is 0 Å². The standard InChI is InChI=1S/C9H18N6.HI/c1-9(2,3)14-8(10)12-4-5-15-7-11-6-13-15;/h6-7H,4-5H2,1-3H3,(H3,10,12,14);1H. The second kappa shape index (κ2) is 6.66. The summed E-state index contributed by atoms with van der Waals surface area (Å²) in [5.74, 6) is 0.461. The predicted octanol–water partition coefficient (Wildman–Crippen LogP) is 0.599. The van der Waals surface area contributed by atoms with Gasteiger partial charge in [0.2, 0.25) is 0 Å². The molecule has 0 aliphatic rings. The first-order valence-corrected chi connectivity index (χ1v) is 4.88. The Morgan fingerprint density at radius 1 is 1.50 bits per heavy atom. The van der Waals surface area contributed by atoms with Gasteiger partial charge in [-0.1, -0.05) is 0 Å². The summed E-state index contributed by atoms with van der Waals surface area (Å²) in [5.41, 5.74) is 5.64. The van der Waals surface area contributed by atoms with Crippen LogP contribution in [0.2, 0.25) is 0 Å². The van der Waals surface area contributed by atoms with Crippen molar-refractivity contribution in [2.75, 3.05) is 6.54 Å². The first-order valence-electron chi connectivity index (χ1n) is 4.88. The van der Waals surface area contributed by atoms with Gasteiger partial charge in [-0.05, 0) is 20.8 Å². The molecule has 1 aromatic heterocycles. The molecule has 16 heavy (non-hydrogen) atoms. The lowest BCUT2D eigenvalue weighted by Crippen LogP contribution is -2.45. The lowest BCUT2D eigenvalue weighted by molar-refractivity contribution is 0.507. The summed E-state index contributed by atoms with van der Waals surface area (Å²) in [5, 5.41) is 7.04. The molecule has 0 aliphatic carbocycles. The highest BCUT2D eigenvalue weighted by molar-refractivity contribution is 14.0. The molecule has 1 heterocycles. The van der Waals surface area contributed by atoms with E-state index in [0.717, 1.165) is 0 Å². The van der Waals surface area contributed by atoms with Crippen LogP contribution >= 0.6 is 24.0 Å². The molecule has 0 amide bonds. The third-order valence-corrected chi connectivity index (χ3v) is 1.58. The SMILES string of the molecule is CC(C)(C)NC(N)=NCCn1cncn1.I. The average Bonchev–Trinajstić information content (AvgIpc) is 2.53. The van der Waals surface area contributed by atoms with Crippen molar-refractivity contribution in [2.45, 2.75) is 32.9 Å². The van der Waals surface area contributed by atoms with Crippen molar-refractivity contribution in [1.29, 1.82) is 0 Å². The average molecular weight is 338 g/mol. The van der Waals surface area contributed by atoms with Crippen LogP contribution in [0.3, 0.4) is 0 Å². The van der Waals surface area contributed by atoms with Crippen molar-refractivity contribution in [3.05, 3.63) is 12.7 Å². The fourth-order valence-corrected chi connectivity index (χ4v) is 1.04. The van der Waals surface area contributed by atoms with E-state index in [0.29, 0.717) is 19.0 Å². The molecule has 7 heteroatoms. The van der Waals surface area contributed by atoms with Crippen LogP contribution in [-0.2, 0) is 6.54 Å². The minimum absolute atomic E-state index is 0. The first-order chi connectivity index (χ1) is 6.97. The molecule has 0 aliphatic heterocycles. The molecule has 0 atom stereocenters. The predicted molar refractivity (Wildman–Crippen MR) is 74.8 cm³/mol. The summed E-state index contributed by atoms with van der Waals surface area (Å²) in [6.45, 7) is 7.39. The number of hydrogen-bond donors (Lipinski definition) is 2. The molecule has 1 rings (SSSR count). The molecular weight excluding hydrogens is 319 g/mol. The topological polar surface area (TPSA) is 81.1 Å². The summed E-state index contributed by atoms with van der Waals surface area (Å²) in [6, 6.07) is 0. The molecular formula is C9H19IN6. The van der Waals surface area contributed by atoms with Crippen molar-refractivity contribution < 1.29 is 0 Å². The third-order valence-electron chi connectivity index (χ3n) is 1.58. The smallest absolute Gasteiger partial charge is 0.189 e. The van der Waals surface area contributed by atoms with Gasteiger partial charge >= 0.3 is 0 Å². The zero-order valence-corrected chi connectivity index (χ0v) is 12.2. The minimum atomic E-state index is -0.0547. The highest BCUT2D eigenvalue weighted by Gasteiger charge is 2.09. The molecule has 1 aromatic rings. The Morgan fingerprint density at radius 2 is 2.19 bits per heavy atom. The number of guanidine groups is 1. The zero-order chi connectivity index (χ0) is 11.3. The number of halogens is 1. The Kier molecular flexibility index (Phi) is 6.31. The second-order valence-corrected chi connectivity index (χ2v) is 4.30. The first kappa shape index (κ1) is 15.1. The van der Waals surface area contributed by atoms with Crippen LogP contribution < -0.4 is 11.1 Å². The van der Waals surface area contributed by atoms with Gasteiger partial charge in [0.15, 0.2) is 5.96 Å². The molecule has 0 radical (unpaired) electrons. The Labute approximate surface area is 113 Å². The van der Waals surface area contributed by atoms with Gasteiger partial charge in [-0.15, -0.1) is 24.0 Å². The van der Waals surface area contributed by atoms with Crippen LogP contribution in [0, 0.1) is 0 Å². The molecule has 0 aromatic carbocycles. The summed E-state index contributed by atoms with van der Waals surface area (Å²) in [4.78, 5) is 8.01. The van der Waals surface area contributed by atoms with Gasteiger partial charge in [-0.25, -0.2) is 4.98 Å². The van der Waals surface area contributed by atoms with Crippen molar-refractivity contribution in [3.63, 3.8) is 0 Å². The van der Waals surface area contributed by atoms with Crippen LogP contribution in [0.1, 0.15) is 20.8 Å². The van der Waals surface area contributed by atoms with E-state index in [2.05, 4.69) is 20.4 Å². The second-order valence-electron chi connectivity index (χ2n) is 4.30. The number of rotatable bonds is 3. The van der Waals surface area contributed by atoms with Gasteiger partial charge in [0.05, 0.1) is 13.1 Å². The van der Waals surface area contributed by atoms with Gasteiger partial charge in [0, 0.05) is 5.54 Å². The monoisotopic (exact) mass is 338 g/mol. The maximum atomic E-state index is 5.69. The number of nitrogens with zero attached hydrogens (tertiary/aromatic N) is 4. The van der Waals surface area contributed by atoms with Crippen LogP contribution in [0.4, 0.5) is 0 Å². The zero-order valence-electron chi connectivity index (χ0n) is 9.84. The van der Waals surface area contributed by atoms with Crippen molar-refractivity contribution in [3.8, 4) is 0 Å². The quantitative estimate of drug-likeness (QED) is 0.480. The Bertz CT molecular complexity index is 313. The highest BCUT2D eigenvalue weighted by Crippen LogP contribution is 1.96. The molecule has 0 fully saturated rings. The Hall–Kier alpha value is -0.860. The van der Waals surface area contributed by atoms with Gasteiger partial charge < -0.3 is 11.1 Å². The van der Waals surface area contributed by atoms with E-state index in [1.807, 2.05) is 20.8 Å². The van der Waals surface area contributed by atoms with Crippen LogP contribution in [0.15, 0.2) is 17.6 Å². The number of aliphatic imine (C=N–C) groups is 1. The number of nitrogens with two attached hydrogens (primary N) is 1. The van der Waals surface area contributed by atoms with Gasteiger partial charge in [0.1, 0.15) is 12.7 Å². The third kappa shape index (κ3) is 6.59. The maximum Gasteiger partial charge on any atom is 0.189 e. The number of aromatic nitrogens is 3. The van der Waals surface area contributed by atoms with E-state index in [4.69, 9.17) is 5.73 Å². The molecule has 0 unspecified atom stereocenters. The summed E-state index contributed by atoms with van der Waals surface area (Å²) in [6.07, 6.45) is 3.16. The van der Waals surface area contributed by atoms with E-state index < -0.39 is 0 Å². The van der Waals surface area contributed by atoms with Crippen molar-refractivity contribution in [2.24, 2.45) is 10.7 Å². The molecule has 0 spiro atoms. The number of hydrogen-bond acceptors (Lipinski definition) is 3. The Balaban J connectivity index is 0.00000225. The van der Waals surface area contributed by atoms with E-state index in [-0.39, 0.29) is 29.5 Å². The molecule has 92 valence electrons. The maximum absolute atomic E-state index is 5.69. The fraction of sp³-hybridized carbons (Fsp3) is 0.667. The molecule has 0 saturated heterocycles. The molecule has 0 saturated carbocycles. The number of nitrogens with one attached hydrogen (secondary N) is 1. The molecule has 6 nitrogen and oxygen atoms in total. The van der Waals surface area contributed by atoms with Crippen LogP contribution in [0.5, 0.6) is 0 Å². The summed E-state index contributed by atoms with van der Waals surface area (Å²) >= 11 is 0. The van der Waals surface area contributed by atoms with Crippen LogP contribution in [0.25, 0.3) is 0 Å². The van der Waals surface area contributed by atoms with Crippen molar-refractivity contribution in [1.82, 2.24) is 20.1 Å². The largest absolute Gasteiger partial charge is 0.370 e. The Morgan fingerprint density at radius 3 is 2.69 bits per heavy atom. The van der Waals surface area contributed by atoms with Crippen molar-refractivity contribution >= 4 is 29.9 Å². The van der Waals surface area contributed by atoms with Gasteiger partial charge in [0.25, 0.3) is 0 Å². The highest BCUT2D eigenvalue weighted by atomic mass is 127. The normalized spacial score (nSPS) is 12.1. The fourth-order valence-electron chi connectivity index (χ4n) is 1.04.